The van der Waals surface area contributed by atoms with Crippen molar-refractivity contribution in [3.05, 3.63) is 83.2 Å². The van der Waals surface area contributed by atoms with Gasteiger partial charge in [-0.3, -0.25) is 9.67 Å². The van der Waals surface area contributed by atoms with Crippen LogP contribution in [0.4, 0.5) is 21.5 Å². The Morgan fingerprint density at radius 3 is 2.52 bits per heavy atom. The van der Waals surface area contributed by atoms with Crippen LogP contribution in [0.15, 0.2) is 70.4 Å². The summed E-state index contributed by atoms with van der Waals surface area (Å²) < 4.78 is 15.4. The van der Waals surface area contributed by atoms with Gasteiger partial charge in [0.1, 0.15) is 11.6 Å². The van der Waals surface area contributed by atoms with E-state index in [0.29, 0.717) is 17.3 Å². The van der Waals surface area contributed by atoms with Crippen molar-refractivity contribution in [1.82, 2.24) is 15.1 Å². The molecule has 9 heteroatoms. The molecule has 0 spiro atoms. The van der Waals surface area contributed by atoms with Gasteiger partial charge in [0.05, 0.1) is 17.1 Å². The molecule has 1 fully saturated rings. The molecule has 1 aliphatic heterocycles. The number of rotatable bonds is 10. The van der Waals surface area contributed by atoms with E-state index < -0.39 is 0 Å². The van der Waals surface area contributed by atoms with Crippen molar-refractivity contribution in [3.63, 3.8) is 0 Å². The molecule has 1 aromatic heterocycles. The zero-order valence-corrected chi connectivity index (χ0v) is 27.2. The lowest BCUT2D eigenvalue weighted by Gasteiger charge is -2.34. The van der Waals surface area contributed by atoms with Crippen LogP contribution in [0, 0.1) is 37.4 Å². The van der Waals surface area contributed by atoms with E-state index in [1.54, 1.807) is 31.3 Å². The highest BCUT2D eigenvalue weighted by Gasteiger charge is 2.20. The van der Waals surface area contributed by atoms with Crippen LogP contribution in [-0.4, -0.2) is 49.4 Å². The number of nitrogens with one attached hydrogen (secondary N) is 2. The molecule has 44 heavy (non-hydrogen) atoms. The largest absolute Gasteiger partial charge is 0.371 e. The van der Waals surface area contributed by atoms with E-state index in [2.05, 4.69) is 73.1 Å². The van der Waals surface area contributed by atoms with Gasteiger partial charge in [0.2, 0.25) is 0 Å². The van der Waals surface area contributed by atoms with Crippen LogP contribution in [-0.2, 0) is 13.6 Å². The summed E-state index contributed by atoms with van der Waals surface area (Å²) in [6.45, 7) is 15.2. The SMILES string of the molecule is C=N/C(=C\C=Nc1ccc(N2CCCC(CNCc3cc(C)nn3C)C2)cc1)Nc1ccc(F)c(C)c1.CC#CCC.CN. The zero-order valence-electron chi connectivity index (χ0n) is 27.2. The van der Waals surface area contributed by atoms with Crippen molar-refractivity contribution in [2.24, 2.45) is 28.7 Å². The average Bonchev–Trinajstić information content (AvgIpc) is 3.36. The molecule has 8 nitrogen and oxygen atoms in total. The van der Waals surface area contributed by atoms with Crippen molar-refractivity contribution < 1.29 is 4.39 Å². The summed E-state index contributed by atoms with van der Waals surface area (Å²) >= 11 is 0. The highest BCUT2D eigenvalue weighted by atomic mass is 19.1. The molecular weight excluding hydrogens is 551 g/mol. The minimum Gasteiger partial charge on any atom is -0.371 e. The standard InChI is InChI=1S/C29H36FN7.C5H8.CH5N/c1-21-16-25(9-12-28(21)30)34-29(31-3)13-14-33-24-7-10-26(11-8-24)37-15-5-6-23(20-37)18-32-19-27-17-22(2)35-36(27)4;1-3-5-4-2;1-2/h7-14,16-17,23,32,34H,3,5-6,15,18-20H2,1-2,4H3;3H2,1-2H3;2H2,1H3/b29-13+,33-14?;;. The molecule has 1 aliphatic rings. The first-order chi connectivity index (χ1) is 21.3. The van der Waals surface area contributed by atoms with Gasteiger partial charge >= 0.3 is 0 Å². The third kappa shape index (κ3) is 12.2. The van der Waals surface area contributed by atoms with E-state index in [0.717, 1.165) is 49.7 Å². The molecule has 1 saturated heterocycles. The molecule has 0 aliphatic carbocycles. The van der Waals surface area contributed by atoms with Gasteiger partial charge in [-0.05, 0) is 113 Å². The fourth-order valence-corrected chi connectivity index (χ4v) is 4.82. The first kappa shape index (κ1) is 35.9. The number of aliphatic imine (C=N–C) groups is 2. The van der Waals surface area contributed by atoms with E-state index in [4.69, 9.17) is 0 Å². The lowest BCUT2D eigenvalue weighted by molar-refractivity contribution is 0.389. The number of piperidine rings is 1. The normalized spacial score (nSPS) is 14.5. The monoisotopic (exact) mass is 600 g/mol. The molecule has 1 atom stereocenters. The van der Waals surface area contributed by atoms with Gasteiger partial charge in [0.15, 0.2) is 0 Å². The fraction of sp³-hybridized carbons (Fsp3) is 0.400. The number of nitrogens with two attached hydrogens (primary N) is 1. The van der Waals surface area contributed by atoms with Crippen LogP contribution >= 0.6 is 0 Å². The average molecular weight is 601 g/mol. The van der Waals surface area contributed by atoms with E-state index in [1.807, 2.05) is 44.6 Å². The Bertz CT molecular complexity index is 1410. The van der Waals surface area contributed by atoms with Gasteiger partial charge in [-0.1, -0.05) is 6.92 Å². The maximum absolute atomic E-state index is 13.5. The van der Waals surface area contributed by atoms with Gasteiger partial charge < -0.3 is 21.3 Å². The molecule has 236 valence electrons. The molecule has 2 aromatic carbocycles. The van der Waals surface area contributed by atoms with Crippen LogP contribution in [0.2, 0.25) is 0 Å². The Morgan fingerprint density at radius 1 is 1.18 bits per heavy atom. The first-order valence-corrected chi connectivity index (χ1v) is 15.1. The number of benzene rings is 2. The third-order valence-corrected chi connectivity index (χ3v) is 6.98. The Balaban J connectivity index is 0.000000876. The third-order valence-electron chi connectivity index (χ3n) is 6.98. The Kier molecular flexibility index (Phi) is 16.2. The van der Waals surface area contributed by atoms with Gasteiger partial charge in [-0.25, -0.2) is 9.38 Å². The lowest BCUT2D eigenvalue weighted by Crippen LogP contribution is -2.39. The number of nitrogens with zero attached hydrogens (tertiary/aromatic N) is 5. The molecule has 0 radical (unpaired) electrons. The summed E-state index contributed by atoms with van der Waals surface area (Å²) in [7, 11) is 3.50. The smallest absolute Gasteiger partial charge is 0.131 e. The van der Waals surface area contributed by atoms with Crippen molar-refractivity contribution in [2.45, 2.75) is 53.5 Å². The number of aryl methyl sites for hydroxylation is 3. The van der Waals surface area contributed by atoms with Gasteiger partial charge in [-0.15, -0.1) is 11.8 Å². The molecule has 0 amide bonds. The number of halogens is 1. The van der Waals surface area contributed by atoms with Crippen molar-refractivity contribution >= 4 is 30.0 Å². The summed E-state index contributed by atoms with van der Waals surface area (Å²) in [6.07, 6.45) is 6.85. The van der Waals surface area contributed by atoms with Crippen LogP contribution in [0.25, 0.3) is 0 Å². The van der Waals surface area contributed by atoms with Crippen LogP contribution < -0.4 is 21.3 Å². The van der Waals surface area contributed by atoms with Crippen molar-refractivity contribution in [1.29, 1.82) is 0 Å². The molecule has 0 bridgehead atoms. The fourth-order valence-electron chi connectivity index (χ4n) is 4.82. The quantitative estimate of drug-likeness (QED) is 0.182. The Hall–Kier alpha value is -4.26. The topological polar surface area (TPSA) is 95.9 Å². The predicted octanol–water partition coefficient (Wildman–Crippen LogP) is 6.53. The first-order valence-electron chi connectivity index (χ1n) is 15.1. The van der Waals surface area contributed by atoms with Crippen LogP contribution in [0.5, 0.6) is 0 Å². The summed E-state index contributed by atoms with van der Waals surface area (Å²) in [4.78, 5) is 11.0. The molecular formula is C35H49FN8. The second kappa shape index (κ2) is 19.8. The van der Waals surface area contributed by atoms with Crippen LogP contribution in [0.3, 0.4) is 0 Å². The van der Waals surface area contributed by atoms with Gasteiger partial charge in [-0.2, -0.15) is 5.10 Å². The molecule has 1 unspecified atom stereocenters. The number of aromatic nitrogens is 2. The van der Waals surface area contributed by atoms with Gasteiger partial charge in [0, 0.05) is 57.2 Å². The summed E-state index contributed by atoms with van der Waals surface area (Å²) in [5.41, 5.74) is 10.2. The number of anilines is 2. The number of hydrogen-bond donors (Lipinski definition) is 3. The maximum Gasteiger partial charge on any atom is 0.131 e. The molecule has 2 heterocycles. The van der Waals surface area contributed by atoms with E-state index in [1.165, 1.54) is 37.3 Å². The number of allylic oxidation sites excluding steroid dienone is 1. The number of hydrogen-bond acceptors (Lipinski definition) is 7. The van der Waals surface area contributed by atoms with E-state index in [-0.39, 0.29) is 5.82 Å². The highest BCUT2D eigenvalue weighted by molar-refractivity contribution is 5.77. The Morgan fingerprint density at radius 2 is 1.93 bits per heavy atom. The van der Waals surface area contributed by atoms with Crippen molar-refractivity contribution in [3.8, 4) is 11.8 Å². The maximum atomic E-state index is 13.5. The minimum absolute atomic E-state index is 0.236. The Labute approximate surface area is 263 Å². The summed E-state index contributed by atoms with van der Waals surface area (Å²) in [5.74, 6) is 6.55. The van der Waals surface area contributed by atoms with Crippen molar-refractivity contribution in [2.75, 3.05) is 36.9 Å². The second-order valence-corrected chi connectivity index (χ2v) is 10.4. The highest BCUT2D eigenvalue weighted by Crippen LogP contribution is 2.25. The zero-order chi connectivity index (χ0) is 32.3. The summed E-state index contributed by atoms with van der Waals surface area (Å²) in [6, 6.07) is 15.3. The van der Waals surface area contributed by atoms with Crippen LogP contribution in [0.1, 0.15) is 50.1 Å². The summed E-state index contributed by atoms with van der Waals surface area (Å²) in [5, 5.41) is 11.2. The molecule has 0 saturated carbocycles. The molecule has 4 N–H and O–H groups in total. The molecule has 4 rings (SSSR count). The minimum atomic E-state index is -0.236. The van der Waals surface area contributed by atoms with Gasteiger partial charge in [0.25, 0.3) is 0 Å². The van der Waals surface area contributed by atoms with E-state index >= 15 is 0 Å². The lowest BCUT2D eigenvalue weighted by atomic mass is 9.97. The molecule has 3 aromatic rings. The van der Waals surface area contributed by atoms with E-state index in [9.17, 15) is 4.39 Å². The predicted molar refractivity (Wildman–Crippen MR) is 185 cm³/mol. The second-order valence-electron chi connectivity index (χ2n) is 10.4.